The molecule has 0 heterocycles. The number of hydrogen-bond donors (Lipinski definition) is 0. The predicted octanol–water partition coefficient (Wildman–Crippen LogP) is 4.19. The molecule has 0 saturated carbocycles. The van der Waals surface area contributed by atoms with Crippen molar-refractivity contribution in [1.82, 2.24) is 4.90 Å². The topological polar surface area (TPSA) is 20.3 Å². The van der Waals surface area contributed by atoms with Gasteiger partial charge in [0.1, 0.15) is 0 Å². The lowest BCUT2D eigenvalue weighted by atomic mass is 10.2. The standard InChI is InChI=1S/C12H14BrCl2NO/c1-2-6-16(7-5-14)12(17)9-3-4-11(15)10(13)8-9/h3-4,8H,2,5-7H2,1H3. The Hall–Kier alpha value is -0.250. The number of alkyl halides is 1. The van der Waals surface area contributed by atoms with Gasteiger partial charge in [-0.25, -0.2) is 0 Å². The van der Waals surface area contributed by atoms with Gasteiger partial charge in [-0.05, 0) is 40.5 Å². The van der Waals surface area contributed by atoms with Crippen LogP contribution in [0.1, 0.15) is 23.7 Å². The first-order valence-electron chi connectivity index (χ1n) is 5.40. The molecule has 1 aromatic rings. The zero-order valence-electron chi connectivity index (χ0n) is 9.55. The molecule has 2 nitrogen and oxygen atoms in total. The lowest BCUT2D eigenvalue weighted by molar-refractivity contribution is 0.0765. The molecule has 17 heavy (non-hydrogen) atoms. The summed E-state index contributed by atoms with van der Waals surface area (Å²) in [5.41, 5.74) is 0.625. The zero-order chi connectivity index (χ0) is 12.8. The summed E-state index contributed by atoms with van der Waals surface area (Å²) in [6, 6.07) is 5.18. The third-order valence-electron chi connectivity index (χ3n) is 2.30. The SMILES string of the molecule is CCCN(CCCl)C(=O)c1ccc(Cl)c(Br)c1. The number of nitrogens with zero attached hydrogens (tertiary/aromatic N) is 1. The minimum atomic E-state index is -0.00938. The molecule has 0 aromatic heterocycles. The van der Waals surface area contributed by atoms with E-state index in [1.54, 1.807) is 23.1 Å². The fraction of sp³-hybridized carbons (Fsp3) is 0.417. The molecule has 0 radical (unpaired) electrons. The van der Waals surface area contributed by atoms with Crippen LogP contribution in [0.5, 0.6) is 0 Å². The van der Waals surface area contributed by atoms with Crippen molar-refractivity contribution < 1.29 is 4.79 Å². The minimum Gasteiger partial charge on any atom is -0.337 e. The number of benzene rings is 1. The summed E-state index contributed by atoms with van der Waals surface area (Å²) in [5.74, 6) is 0.436. The van der Waals surface area contributed by atoms with E-state index in [4.69, 9.17) is 23.2 Å². The van der Waals surface area contributed by atoms with Crippen molar-refractivity contribution in [2.75, 3.05) is 19.0 Å². The molecule has 1 amide bonds. The van der Waals surface area contributed by atoms with E-state index in [1.165, 1.54) is 0 Å². The van der Waals surface area contributed by atoms with E-state index in [-0.39, 0.29) is 5.91 Å². The van der Waals surface area contributed by atoms with Crippen molar-refractivity contribution in [2.24, 2.45) is 0 Å². The summed E-state index contributed by atoms with van der Waals surface area (Å²) in [7, 11) is 0. The first kappa shape index (κ1) is 14.8. The van der Waals surface area contributed by atoms with Crippen LogP contribution in [0.25, 0.3) is 0 Å². The Balaban J connectivity index is 2.88. The number of amides is 1. The highest BCUT2D eigenvalue weighted by molar-refractivity contribution is 9.10. The summed E-state index contributed by atoms with van der Waals surface area (Å²) >= 11 is 14.9. The Labute approximate surface area is 120 Å². The maximum absolute atomic E-state index is 12.2. The van der Waals surface area contributed by atoms with Crippen LogP contribution < -0.4 is 0 Å². The van der Waals surface area contributed by atoms with Gasteiger partial charge in [-0.3, -0.25) is 4.79 Å². The average molecular weight is 339 g/mol. The maximum Gasteiger partial charge on any atom is 0.253 e. The highest BCUT2D eigenvalue weighted by Crippen LogP contribution is 2.23. The Morgan fingerprint density at radius 1 is 1.41 bits per heavy atom. The molecule has 0 spiro atoms. The molecule has 0 unspecified atom stereocenters. The van der Waals surface area contributed by atoms with Gasteiger partial charge in [0.05, 0.1) is 5.02 Å². The number of halogens is 3. The largest absolute Gasteiger partial charge is 0.337 e. The number of carbonyl (C=O) groups excluding carboxylic acids is 1. The zero-order valence-corrected chi connectivity index (χ0v) is 12.6. The summed E-state index contributed by atoms with van der Waals surface area (Å²) in [4.78, 5) is 13.9. The molecule has 0 N–H and O–H groups in total. The molecule has 0 atom stereocenters. The van der Waals surface area contributed by atoms with Crippen molar-refractivity contribution in [1.29, 1.82) is 0 Å². The normalized spacial score (nSPS) is 10.4. The van der Waals surface area contributed by atoms with E-state index in [0.29, 0.717) is 29.6 Å². The van der Waals surface area contributed by atoms with Crippen molar-refractivity contribution in [3.05, 3.63) is 33.3 Å². The molecule has 0 saturated heterocycles. The van der Waals surface area contributed by atoms with Gasteiger partial charge in [0.25, 0.3) is 5.91 Å². The van der Waals surface area contributed by atoms with E-state index < -0.39 is 0 Å². The van der Waals surface area contributed by atoms with Crippen LogP contribution in [0.2, 0.25) is 5.02 Å². The van der Waals surface area contributed by atoms with Crippen molar-refractivity contribution >= 4 is 45.0 Å². The number of rotatable bonds is 5. The van der Waals surface area contributed by atoms with E-state index in [9.17, 15) is 4.79 Å². The van der Waals surface area contributed by atoms with Crippen LogP contribution in [0, 0.1) is 0 Å². The Kier molecular flexibility index (Phi) is 6.31. The van der Waals surface area contributed by atoms with Gasteiger partial charge in [0.15, 0.2) is 0 Å². The van der Waals surface area contributed by atoms with Crippen LogP contribution in [0.3, 0.4) is 0 Å². The quantitative estimate of drug-likeness (QED) is 0.737. The molecule has 0 bridgehead atoms. The fourth-order valence-electron chi connectivity index (χ4n) is 1.50. The molecule has 5 heteroatoms. The Bertz CT molecular complexity index is 392. The van der Waals surface area contributed by atoms with Gasteiger partial charge >= 0.3 is 0 Å². The highest BCUT2D eigenvalue weighted by Gasteiger charge is 2.15. The van der Waals surface area contributed by atoms with Crippen molar-refractivity contribution in [2.45, 2.75) is 13.3 Å². The molecular weight excluding hydrogens is 325 g/mol. The molecular formula is C12H14BrCl2NO. The predicted molar refractivity (Wildman–Crippen MR) is 76.1 cm³/mol. The molecule has 0 aliphatic rings. The molecule has 0 aliphatic heterocycles. The minimum absolute atomic E-state index is 0.00938. The molecule has 94 valence electrons. The van der Waals surface area contributed by atoms with Crippen LogP contribution in [-0.4, -0.2) is 29.8 Å². The average Bonchev–Trinajstić information content (AvgIpc) is 2.31. The van der Waals surface area contributed by atoms with E-state index in [0.717, 1.165) is 10.9 Å². The summed E-state index contributed by atoms with van der Waals surface area (Å²) in [5, 5.41) is 0.598. The second kappa shape index (κ2) is 7.24. The lowest BCUT2D eigenvalue weighted by Crippen LogP contribution is -2.33. The highest BCUT2D eigenvalue weighted by atomic mass is 79.9. The molecule has 0 aliphatic carbocycles. The Morgan fingerprint density at radius 3 is 2.65 bits per heavy atom. The number of carbonyl (C=O) groups is 1. The summed E-state index contributed by atoms with van der Waals surface area (Å²) < 4.78 is 0.729. The van der Waals surface area contributed by atoms with Gasteiger partial charge in [0, 0.05) is 29.0 Å². The first-order valence-corrected chi connectivity index (χ1v) is 7.11. The second-order valence-electron chi connectivity index (χ2n) is 3.61. The van der Waals surface area contributed by atoms with E-state index >= 15 is 0 Å². The third-order valence-corrected chi connectivity index (χ3v) is 3.68. The van der Waals surface area contributed by atoms with Gasteiger partial charge in [-0.15, -0.1) is 11.6 Å². The lowest BCUT2D eigenvalue weighted by Gasteiger charge is -2.21. The second-order valence-corrected chi connectivity index (χ2v) is 5.25. The Morgan fingerprint density at radius 2 is 2.12 bits per heavy atom. The van der Waals surface area contributed by atoms with Gasteiger partial charge < -0.3 is 4.90 Å². The van der Waals surface area contributed by atoms with Crippen LogP contribution in [0.4, 0.5) is 0 Å². The number of hydrogen-bond acceptors (Lipinski definition) is 1. The van der Waals surface area contributed by atoms with E-state index in [2.05, 4.69) is 15.9 Å². The van der Waals surface area contributed by atoms with Gasteiger partial charge in [-0.1, -0.05) is 18.5 Å². The van der Waals surface area contributed by atoms with Crippen LogP contribution in [0.15, 0.2) is 22.7 Å². The molecule has 0 fully saturated rings. The van der Waals surface area contributed by atoms with Gasteiger partial charge in [0.2, 0.25) is 0 Å². The first-order chi connectivity index (χ1) is 8.10. The monoisotopic (exact) mass is 337 g/mol. The third kappa shape index (κ3) is 4.16. The molecule has 1 rings (SSSR count). The summed E-state index contributed by atoms with van der Waals surface area (Å²) in [6.45, 7) is 3.31. The van der Waals surface area contributed by atoms with Crippen molar-refractivity contribution in [3.8, 4) is 0 Å². The molecule has 1 aromatic carbocycles. The summed E-state index contributed by atoms with van der Waals surface area (Å²) in [6.07, 6.45) is 0.914. The van der Waals surface area contributed by atoms with E-state index in [1.807, 2.05) is 6.92 Å². The fourth-order valence-corrected chi connectivity index (χ4v) is 2.20. The van der Waals surface area contributed by atoms with Crippen LogP contribution in [-0.2, 0) is 0 Å². The smallest absolute Gasteiger partial charge is 0.253 e. The van der Waals surface area contributed by atoms with Gasteiger partial charge in [-0.2, -0.15) is 0 Å². The van der Waals surface area contributed by atoms with Crippen molar-refractivity contribution in [3.63, 3.8) is 0 Å². The maximum atomic E-state index is 12.2. The van der Waals surface area contributed by atoms with Crippen LogP contribution >= 0.6 is 39.1 Å².